The van der Waals surface area contributed by atoms with Gasteiger partial charge in [-0.2, -0.15) is 0 Å². The van der Waals surface area contributed by atoms with Gasteiger partial charge >= 0.3 is 0 Å². The van der Waals surface area contributed by atoms with Gasteiger partial charge in [0.15, 0.2) is 0 Å². The molecule has 0 bridgehead atoms. The summed E-state index contributed by atoms with van der Waals surface area (Å²) in [5, 5.41) is 40.7. The average Bonchev–Trinajstić information content (AvgIpc) is 2.68. The summed E-state index contributed by atoms with van der Waals surface area (Å²) in [6.45, 7) is 2.02. The van der Waals surface area contributed by atoms with Crippen LogP contribution in [0.4, 0.5) is 0 Å². The summed E-state index contributed by atoms with van der Waals surface area (Å²) >= 11 is 0. The van der Waals surface area contributed by atoms with Crippen molar-refractivity contribution < 1.29 is 20.4 Å². The third-order valence-corrected chi connectivity index (χ3v) is 6.72. The van der Waals surface area contributed by atoms with E-state index in [1.807, 2.05) is 19.1 Å². The highest BCUT2D eigenvalue weighted by molar-refractivity contribution is 5.40. The van der Waals surface area contributed by atoms with Gasteiger partial charge in [0, 0.05) is 5.41 Å². The Hall–Kier alpha value is -1.10. The van der Waals surface area contributed by atoms with Crippen molar-refractivity contribution in [3.63, 3.8) is 0 Å². The van der Waals surface area contributed by atoms with Crippen LogP contribution < -0.4 is 0 Å². The second-order valence-corrected chi connectivity index (χ2v) is 7.69. The Bertz CT molecular complexity index is 601. The smallest absolute Gasteiger partial charge is 0.115 e. The summed E-state index contributed by atoms with van der Waals surface area (Å²) in [6, 6.07) is 5.61. The number of phenolic OH excluding ortho intramolecular Hbond substituents is 1. The number of phenols is 1. The van der Waals surface area contributed by atoms with Gasteiger partial charge in [0.05, 0.1) is 12.2 Å². The quantitative estimate of drug-likeness (QED) is 0.586. The third-order valence-electron chi connectivity index (χ3n) is 6.72. The molecule has 0 amide bonds. The highest BCUT2D eigenvalue weighted by atomic mass is 16.4. The molecule has 0 heterocycles. The molecule has 4 N–H and O–H groups in total. The number of hydrogen-bond acceptors (Lipinski definition) is 4. The van der Waals surface area contributed by atoms with E-state index in [-0.39, 0.29) is 11.8 Å². The van der Waals surface area contributed by atoms with Crippen LogP contribution in [0.1, 0.15) is 43.2 Å². The van der Waals surface area contributed by atoms with E-state index in [1.165, 1.54) is 11.1 Å². The molecule has 2 saturated carbocycles. The highest BCUT2D eigenvalue weighted by Crippen LogP contribution is 2.60. The van der Waals surface area contributed by atoms with Gasteiger partial charge in [0.1, 0.15) is 11.9 Å². The maximum atomic E-state index is 10.5. The van der Waals surface area contributed by atoms with Crippen molar-refractivity contribution in [1.82, 2.24) is 0 Å². The van der Waals surface area contributed by atoms with Crippen molar-refractivity contribution in [1.29, 1.82) is 0 Å². The fourth-order valence-electron chi connectivity index (χ4n) is 5.62. The summed E-state index contributed by atoms with van der Waals surface area (Å²) in [4.78, 5) is 0. The minimum Gasteiger partial charge on any atom is -0.508 e. The van der Waals surface area contributed by atoms with Crippen LogP contribution >= 0.6 is 0 Å². The van der Waals surface area contributed by atoms with Gasteiger partial charge in [0.25, 0.3) is 0 Å². The molecule has 120 valence electrons. The Morgan fingerprint density at radius 3 is 2.64 bits per heavy atom. The Morgan fingerprint density at radius 2 is 1.86 bits per heavy atom. The van der Waals surface area contributed by atoms with E-state index in [2.05, 4.69) is 0 Å². The highest BCUT2D eigenvalue weighted by Gasteiger charge is 2.62. The monoisotopic (exact) mass is 304 g/mol. The molecule has 4 heteroatoms. The van der Waals surface area contributed by atoms with Crippen molar-refractivity contribution in [3.05, 3.63) is 29.3 Å². The van der Waals surface area contributed by atoms with E-state index >= 15 is 0 Å². The van der Waals surface area contributed by atoms with Crippen LogP contribution in [0.3, 0.4) is 0 Å². The molecule has 1 aromatic carbocycles. The molecule has 3 aliphatic rings. The molecule has 0 spiro atoms. The van der Waals surface area contributed by atoms with Gasteiger partial charge < -0.3 is 20.4 Å². The molecule has 4 rings (SSSR count). The standard InChI is InChI=1S/C18H24O4/c1-18-7-6-12-11-5-3-10(19)8-9(11)2-4-13(12)14(18)15(20)16(21)17(18)22/h3,5,8,12-17,19-22H,2,4,6-7H2,1H3/t12-,13-,14+,15-,16-,17-,18+/m1/s1. The van der Waals surface area contributed by atoms with Gasteiger partial charge in [-0.3, -0.25) is 0 Å². The number of hydrogen-bond donors (Lipinski definition) is 4. The number of benzene rings is 1. The minimum atomic E-state index is -1.03. The number of fused-ring (bicyclic) bond motifs is 5. The summed E-state index contributed by atoms with van der Waals surface area (Å²) in [6.07, 6.45) is 0.894. The van der Waals surface area contributed by atoms with Crippen LogP contribution in [0, 0.1) is 17.3 Å². The summed E-state index contributed by atoms with van der Waals surface area (Å²) < 4.78 is 0. The van der Waals surface area contributed by atoms with Crippen molar-refractivity contribution in [3.8, 4) is 5.75 Å². The van der Waals surface area contributed by atoms with Gasteiger partial charge in [-0.1, -0.05) is 13.0 Å². The molecule has 0 saturated heterocycles. The first-order valence-electron chi connectivity index (χ1n) is 8.29. The van der Waals surface area contributed by atoms with Gasteiger partial charge in [0.2, 0.25) is 0 Å². The second-order valence-electron chi connectivity index (χ2n) is 7.69. The van der Waals surface area contributed by atoms with E-state index in [9.17, 15) is 20.4 Å². The summed E-state index contributed by atoms with van der Waals surface area (Å²) in [5.41, 5.74) is 2.09. The Labute approximate surface area is 130 Å². The molecule has 22 heavy (non-hydrogen) atoms. The first-order valence-corrected chi connectivity index (χ1v) is 8.29. The fourth-order valence-corrected chi connectivity index (χ4v) is 5.62. The van der Waals surface area contributed by atoms with Crippen LogP contribution in [-0.4, -0.2) is 38.7 Å². The molecule has 0 aromatic heterocycles. The number of aliphatic hydroxyl groups is 3. The lowest BCUT2D eigenvalue weighted by atomic mass is 9.55. The predicted octanol–water partition coefficient (Wildman–Crippen LogP) is 1.55. The zero-order valence-electron chi connectivity index (χ0n) is 12.8. The third kappa shape index (κ3) is 1.75. The molecule has 0 aliphatic heterocycles. The number of aromatic hydroxyl groups is 1. The molecule has 2 fully saturated rings. The second kappa shape index (κ2) is 4.70. The predicted molar refractivity (Wildman–Crippen MR) is 81.5 cm³/mol. The first kappa shape index (κ1) is 14.5. The summed E-state index contributed by atoms with van der Waals surface area (Å²) in [7, 11) is 0. The molecular weight excluding hydrogens is 280 g/mol. The maximum absolute atomic E-state index is 10.5. The Morgan fingerprint density at radius 1 is 1.09 bits per heavy atom. The molecule has 0 radical (unpaired) electrons. The zero-order valence-corrected chi connectivity index (χ0v) is 12.8. The van der Waals surface area contributed by atoms with Crippen molar-refractivity contribution in [2.75, 3.05) is 0 Å². The lowest BCUT2D eigenvalue weighted by Crippen LogP contribution is -2.46. The van der Waals surface area contributed by atoms with Gasteiger partial charge in [-0.15, -0.1) is 0 Å². The van der Waals surface area contributed by atoms with E-state index in [1.54, 1.807) is 6.07 Å². The van der Waals surface area contributed by atoms with Crippen LogP contribution in [0.2, 0.25) is 0 Å². The van der Waals surface area contributed by atoms with Crippen molar-refractivity contribution in [2.24, 2.45) is 17.3 Å². The maximum Gasteiger partial charge on any atom is 0.115 e. The van der Waals surface area contributed by atoms with Crippen LogP contribution in [0.5, 0.6) is 5.75 Å². The minimum absolute atomic E-state index is 0.0572. The Kier molecular flexibility index (Phi) is 3.09. The van der Waals surface area contributed by atoms with E-state index < -0.39 is 23.7 Å². The molecule has 4 nitrogen and oxygen atoms in total. The number of aryl methyl sites for hydroxylation is 1. The zero-order chi connectivity index (χ0) is 15.6. The molecule has 7 atom stereocenters. The van der Waals surface area contributed by atoms with Gasteiger partial charge in [-0.05, 0) is 66.7 Å². The summed E-state index contributed by atoms with van der Waals surface area (Å²) in [5.74, 6) is 0.898. The van der Waals surface area contributed by atoms with E-state index in [4.69, 9.17) is 0 Å². The van der Waals surface area contributed by atoms with Crippen LogP contribution in [0.15, 0.2) is 18.2 Å². The van der Waals surface area contributed by atoms with Crippen molar-refractivity contribution >= 4 is 0 Å². The van der Waals surface area contributed by atoms with Crippen LogP contribution in [-0.2, 0) is 6.42 Å². The largest absolute Gasteiger partial charge is 0.508 e. The van der Waals surface area contributed by atoms with Crippen LogP contribution in [0.25, 0.3) is 0 Å². The fraction of sp³-hybridized carbons (Fsp3) is 0.667. The lowest BCUT2D eigenvalue weighted by molar-refractivity contribution is -0.0505. The molecule has 1 aromatic rings. The normalized spacial score (nSPS) is 46.7. The average molecular weight is 304 g/mol. The lowest BCUT2D eigenvalue weighted by Gasteiger charge is -2.50. The van der Waals surface area contributed by atoms with Gasteiger partial charge in [-0.25, -0.2) is 0 Å². The Balaban J connectivity index is 1.74. The topological polar surface area (TPSA) is 80.9 Å². The molecular formula is C18H24O4. The SMILES string of the molecule is C[C@]12CC[C@@H]3c4ccc(O)cc4CC[C@H]3[C@H]1[C@@H](O)[C@@H](O)[C@H]2O. The number of rotatable bonds is 0. The van der Waals surface area contributed by atoms with E-state index in [0.717, 1.165) is 25.7 Å². The molecule has 3 aliphatic carbocycles. The first-order chi connectivity index (χ1) is 10.4. The molecule has 0 unspecified atom stereocenters. The van der Waals surface area contributed by atoms with Crippen molar-refractivity contribution in [2.45, 2.75) is 56.8 Å². The number of aliphatic hydroxyl groups excluding tert-OH is 3. The van der Waals surface area contributed by atoms with E-state index in [0.29, 0.717) is 11.7 Å².